The van der Waals surface area contributed by atoms with E-state index < -0.39 is 0 Å². The highest BCUT2D eigenvalue weighted by Gasteiger charge is 2.14. The maximum atomic E-state index is 13.2. The van der Waals surface area contributed by atoms with E-state index in [0.29, 0.717) is 0 Å². The zero-order chi connectivity index (χ0) is 14.5. The van der Waals surface area contributed by atoms with Gasteiger partial charge in [-0.15, -0.1) is 0 Å². The molecule has 0 heterocycles. The van der Waals surface area contributed by atoms with Crippen molar-refractivity contribution in [2.24, 2.45) is 0 Å². The van der Waals surface area contributed by atoms with E-state index in [2.05, 4.69) is 47.0 Å². The fourth-order valence-electron chi connectivity index (χ4n) is 2.20. The van der Waals surface area contributed by atoms with Crippen LogP contribution in [0, 0.1) is 9.39 Å². The van der Waals surface area contributed by atoms with Crippen LogP contribution in [0.5, 0.6) is 0 Å². The van der Waals surface area contributed by atoms with Gasteiger partial charge in [0.2, 0.25) is 0 Å². The summed E-state index contributed by atoms with van der Waals surface area (Å²) in [6.07, 6.45) is 0.786. The second-order valence-corrected chi connectivity index (χ2v) is 6.15. The van der Waals surface area contributed by atoms with Crippen molar-refractivity contribution in [2.75, 3.05) is 6.54 Å². The summed E-state index contributed by atoms with van der Waals surface area (Å²) in [7, 11) is 0. The lowest BCUT2D eigenvalue weighted by molar-refractivity contribution is 0.546. The standard InChI is InChI=1S/C16H16ClFIN/c1-2-20-16(12-5-3-4-6-15(12)19)10-11-7-8-14(18)13(17)9-11/h3-9,16,20H,2,10H2,1H3. The predicted octanol–water partition coefficient (Wildman–Crippen LogP) is 4.98. The Hall–Kier alpha value is -0.650. The average Bonchev–Trinajstić information content (AvgIpc) is 2.43. The molecule has 1 N–H and O–H groups in total. The second-order valence-electron chi connectivity index (χ2n) is 4.58. The van der Waals surface area contributed by atoms with Crippen molar-refractivity contribution in [2.45, 2.75) is 19.4 Å². The van der Waals surface area contributed by atoms with E-state index in [1.165, 1.54) is 15.2 Å². The second kappa shape index (κ2) is 7.38. The highest BCUT2D eigenvalue weighted by molar-refractivity contribution is 14.1. The van der Waals surface area contributed by atoms with Crippen molar-refractivity contribution in [3.05, 3.63) is 68.0 Å². The van der Waals surface area contributed by atoms with Gasteiger partial charge >= 0.3 is 0 Å². The Morgan fingerprint density at radius 1 is 1.25 bits per heavy atom. The predicted molar refractivity (Wildman–Crippen MR) is 90.7 cm³/mol. The van der Waals surface area contributed by atoms with Gasteiger partial charge in [-0.3, -0.25) is 0 Å². The summed E-state index contributed by atoms with van der Waals surface area (Å²) in [4.78, 5) is 0. The molecule has 0 saturated heterocycles. The average molecular weight is 404 g/mol. The number of rotatable bonds is 5. The Bertz CT molecular complexity index is 588. The van der Waals surface area contributed by atoms with Crippen molar-refractivity contribution in [1.82, 2.24) is 5.32 Å². The molecule has 0 spiro atoms. The van der Waals surface area contributed by atoms with Crippen molar-refractivity contribution in [3.63, 3.8) is 0 Å². The van der Waals surface area contributed by atoms with E-state index in [4.69, 9.17) is 11.6 Å². The van der Waals surface area contributed by atoms with Gasteiger partial charge in [0.1, 0.15) is 5.82 Å². The van der Waals surface area contributed by atoms with Crippen molar-refractivity contribution in [3.8, 4) is 0 Å². The van der Waals surface area contributed by atoms with Gasteiger partial charge in [0.05, 0.1) is 5.02 Å². The first-order chi connectivity index (χ1) is 9.61. The lowest BCUT2D eigenvalue weighted by atomic mass is 9.99. The minimum Gasteiger partial charge on any atom is -0.310 e. The Labute approximate surface area is 137 Å². The summed E-state index contributed by atoms with van der Waals surface area (Å²) >= 11 is 8.20. The smallest absolute Gasteiger partial charge is 0.141 e. The first-order valence-electron chi connectivity index (χ1n) is 6.53. The summed E-state index contributed by atoms with van der Waals surface area (Å²) in [6.45, 7) is 2.96. The Morgan fingerprint density at radius 2 is 2.00 bits per heavy atom. The first kappa shape index (κ1) is 15.7. The zero-order valence-electron chi connectivity index (χ0n) is 11.2. The molecule has 2 aromatic carbocycles. The minimum absolute atomic E-state index is 0.181. The largest absolute Gasteiger partial charge is 0.310 e. The molecule has 1 atom stereocenters. The van der Waals surface area contributed by atoms with Gasteiger partial charge in [-0.1, -0.05) is 42.8 Å². The molecule has 0 amide bonds. The van der Waals surface area contributed by atoms with Gasteiger partial charge in [-0.2, -0.15) is 0 Å². The minimum atomic E-state index is -0.371. The van der Waals surface area contributed by atoms with E-state index in [1.54, 1.807) is 12.1 Å². The fraction of sp³-hybridized carbons (Fsp3) is 0.250. The van der Waals surface area contributed by atoms with Crippen LogP contribution in [0.2, 0.25) is 5.02 Å². The van der Waals surface area contributed by atoms with E-state index in [1.807, 2.05) is 12.1 Å². The van der Waals surface area contributed by atoms with Gasteiger partial charge in [0, 0.05) is 9.61 Å². The maximum absolute atomic E-state index is 13.2. The van der Waals surface area contributed by atoms with Crippen LogP contribution in [0.1, 0.15) is 24.1 Å². The SMILES string of the molecule is CCNC(Cc1ccc(F)c(Cl)c1)c1ccccc1I. The van der Waals surface area contributed by atoms with Gasteiger partial charge in [0.25, 0.3) is 0 Å². The van der Waals surface area contributed by atoms with E-state index in [9.17, 15) is 4.39 Å². The van der Waals surface area contributed by atoms with Crippen LogP contribution in [-0.2, 0) is 6.42 Å². The topological polar surface area (TPSA) is 12.0 Å². The molecule has 0 aliphatic rings. The Balaban J connectivity index is 2.25. The van der Waals surface area contributed by atoms with Crippen molar-refractivity contribution < 1.29 is 4.39 Å². The van der Waals surface area contributed by atoms with E-state index >= 15 is 0 Å². The van der Waals surface area contributed by atoms with Gasteiger partial charge in [-0.05, 0) is 64.9 Å². The molecule has 0 aromatic heterocycles. The maximum Gasteiger partial charge on any atom is 0.141 e. The molecule has 2 aromatic rings. The molecule has 2 rings (SSSR count). The quantitative estimate of drug-likeness (QED) is 0.695. The number of halogens is 3. The summed E-state index contributed by atoms with van der Waals surface area (Å²) in [5.41, 5.74) is 2.29. The van der Waals surface area contributed by atoms with Crippen LogP contribution in [0.4, 0.5) is 4.39 Å². The van der Waals surface area contributed by atoms with Gasteiger partial charge in [0.15, 0.2) is 0 Å². The molecule has 106 valence electrons. The monoisotopic (exact) mass is 403 g/mol. The van der Waals surface area contributed by atoms with Gasteiger partial charge in [-0.25, -0.2) is 4.39 Å². The first-order valence-corrected chi connectivity index (χ1v) is 7.99. The molecule has 0 bridgehead atoms. The van der Waals surface area contributed by atoms with Crippen LogP contribution in [0.15, 0.2) is 42.5 Å². The Kier molecular flexibility index (Phi) is 5.81. The molecule has 1 nitrogen and oxygen atoms in total. The summed E-state index contributed by atoms with van der Waals surface area (Å²) in [5.74, 6) is -0.371. The van der Waals surface area contributed by atoms with E-state index in [0.717, 1.165) is 18.5 Å². The number of hydrogen-bond donors (Lipinski definition) is 1. The van der Waals surface area contributed by atoms with Crippen LogP contribution in [0.25, 0.3) is 0 Å². The number of likely N-dealkylation sites (N-methyl/N-ethyl adjacent to an activating group) is 1. The summed E-state index contributed by atoms with van der Waals surface area (Å²) in [6, 6.07) is 13.4. The number of nitrogens with one attached hydrogen (secondary N) is 1. The lowest BCUT2D eigenvalue weighted by Gasteiger charge is -2.20. The summed E-state index contributed by atoms with van der Waals surface area (Å²) in [5, 5.41) is 3.66. The molecule has 0 aliphatic carbocycles. The summed E-state index contributed by atoms with van der Waals surface area (Å²) < 4.78 is 14.4. The molecular weight excluding hydrogens is 388 g/mol. The molecule has 0 radical (unpaired) electrons. The van der Waals surface area contributed by atoms with Crippen LogP contribution in [-0.4, -0.2) is 6.54 Å². The van der Waals surface area contributed by atoms with Gasteiger partial charge < -0.3 is 5.32 Å². The molecular formula is C16H16ClFIN. The van der Waals surface area contributed by atoms with Crippen LogP contribution < -0.4 is 5.32 Å². The van der Waals surface area contributed by atoms with E-state index in [-0.39, 0.29) is 16.9 Å². The molecule has 0 fully saturated rings. The molecule has 20 heavy (non-hydrogen) atoms. The Morgan fingerprint density at radius 3 is 2.65 bits per heavy atom. The zero-order valence-corrected chi connectivity index (χ0v) is 14.1. The number of benzene rings is 2. The third kappa shape index (κ3) is 3.93. The lowest BCUT2D eigenvalue weighted by Crippen LogP contribution is -2.23. The molecule has 0 aliphatic heterocycles. The highest BCUT2D eigenvalue weighted by atomic mass is 127. The third-order valence-electron chi connectivity index (χ3n) is 3.16. The van der Waals surface area contributed by atoms with Crippen molar-refractivity contribution in [1.29, 1.82) is 0 Å². The number of hydrogen-bond acceptors (Lipinski definition) is 1. The normalized spacial score (nSPS) is 12.4. The highest BCUT2D eigenvalue weighted by Crippen LogP contribution is 2.25. The fourth-order valence-corrected chi connectivity index (χ4v) is 3.16. The van der Waals surface area contributed by atoms with Crippen LogP contribution in [0.3, 0.4) is 0 Å². The van der Waals surface area contributed by atoms with Crippen LogP contribution >= 0.6 is 34.2 Å². The molecule has 4 heteroatoms. The molecule has 1 unspecified atom stereocenters. The molecule has 0 saturated carbocycles. The van der Waals surface area contributed by atoms with Crippen molar-refractivity contribution >= 4 is 34.2 Å². The third-order valence-corrected chi connectivity index (χ3v) is 4.43.